The van der Waals surface area contributed by atoms with E-state index in [4.69, 9.17) is 0 Å². The lowest BCUT2D eigenvalue weighted by atomic mass is 9.74. The molecule has 0 spiro atoms. The quantitative estimate of drug-likeness (QED) is 0.597. The number of hydrogen-bond donors (Lipinski definition) is 2. The van der Waals surface area contributed by atoms with Gasteiger partial charge in [0.2, 0.25) is 10.0 Å². The Kier molecular flexibility index (Phi) is 6.59. The summed E-state index contributed by atoms with van der Waals surface area (Å²) in [5, 5.41) is 10.5. The molecule has 0 aliphatic heterocycles. The summed E-state index contributed by atoms with van der Waals surface area (Å²) < 4.78 is 82.2. The number of halogens is 4. The molecule has 0 aliphatic carbocycles. The Bertz CT molecular complexity index is 1000. The minimum absolute atomic E-state index is 0.0883. The molecule has 2 rings (SSSR count). The first-order valence-corrected chi connectivity index (χ1v) is 10.8. The van der Waals surface area contributed by atoms with Crippen LogP contribution in [0.2, 0.25) is 0 Å². The van der Waals surface area contributed by atoms with Gasteiger partial charge in [-0.2, -0.15) is 13.2 Å². The van der Waals surface area contributed by atoms with Crippen LogP contribution in [-0.2, 0) is 15.4 Å². The fourth-order valence-electron chi connectivity index (χ4n) is 3.53. The van der Waals surface area contributed by atoms with Crippen LogP contribution in [0.3, 0.4) is 0 Å². The third-order valence-corrected chi connectivity index (χ3v) is 6.35. The number of anilines is 1. The Balaban J connectivity index is 2.37. The van der Waals surface area contributed by atoms with E-state index in [-0.39, 0.29) is 11.3 Å². The first kappa shape index (κ1) is 24.1. The smallest absolute Gasteiger partial charge is 0.379 e. The second-order valence-corrected chi connectivity index (χ2v) is 10.00. The summed E-state index contributed by atoms with van der Waals surface area (Å²) in [6.45, 7) is 6.20. The highest BCUT2D eigenvalue weighted by molar-refractivity contribution is 7.92. The van der Waals surface area contributed by atoms with Gasteiger partial charge >= 0.3 is 6.18 Å². The lowest BCUT2D eigenvalue weighted by Crippen LogP contribution is -2.54. The van der Waals surface area contributed by atoms with Crippen molar-refractivity contribution in [3.63, 3.8) is 0 Å². The molecule has 0 saturated heterocycles. The fraction of sp³-hybridized carbons (Fsp3) is 0.429. The predicted molar refractivity (Wildman–Crippen MR) is 108 cm³/mol. The normalized spacial score (nSPS) is 15.0. The number of alkyl halides is 3. The van der Waals surface area contributed by atoms with Gasteiger partial charge in [-0.25, -0.2) is 12.8 Å². The van der Waals surface area contributed by atoms with Crippen molar-refractivity contribution in [2.75, 3.05) is 10.5 Å². The Morgan fingerprint density at radius 1 is 1.00 bits per heavy atom. The van der Waals surface area contributed by atoms with Crippen LogP contribution in [0.25, 0.3) is 0 Å². The maximum Gasteiger partial charge on any atom is 0.418 e. The van der Waals surface area contributed by atoms with Crippen molar-refractivity contribution in [1.82, 2.24) is 0 Å². The minimum atomic E-state index is -5.23. The monoisotopic (exact) mass is 447 g/mol. The molecule has 9 heteroatoms. The van der Waals surface area contributed by atoms with Crippen LogP contribution in [0.15, 0.2) is 42.5 Å². The van der Waals surface area contributed by atoms with E-state index in [0.717, 1.165) is 11.6 Å². The zero-order valence-electron chi connectivity index (χ0n) is 17.1. The molecule has 0 bridgehead atoms. The van der Waals surface area contributed by atoms with E-state index in [1.54, 1.807) is 26.0 Å². The molecule has 0 radical (unpaired) electrons. The fourth-order valence-corrected chi connectivity index (χ4v) is 5.00. The highest BCUT2D eigenvalue weighted by atomic mass is 32.2. The molecule has 1 atom stereocenters. The van der Waals surface area contributed by atoms with Gasteiger partial charge in [-0.3, -0.25) is 4.72 Å². The molecule has 1 unspecified atom stereocenters. The summed E-state index contributed by atoms with van der Waals surface area (Å²) in [4.78, 5) is 0. The van der Waals surface area contributed by atoms with Gasteiger partial charge in [0.1, 0.15) is 11.6 Å². The van der Waals surface area contributed by atoms with Gasteiger partial charge < -0.3 is 5.11 Å². The number of rotatable bonds is 7. The second-order valence-electron chi connectivity index (χ2n) is 8.28. The summed E-state index contributed by atoms with van der Waals surface area (Å²) in [6.07, 6.45) is -6.20. The van der Waals surface area contributed by atoms with Gasteiger partial charge in [0.15, 0.2) is 5.60 Å². The van der Waals surface area contributed by atoms with E-state index in [1.165, 1.54) is 38.1 Å². The number of hydrogen-bond acceptors (Lipinski definition) is 3. The summed E-state index contributed by atoms with van der Waals surface area (Å²) in [7, 11) is -4.56. The van der Waals surface area contributed by atoms with E-state index in [9.17, 15) is 31.1 Å². The number of benzene rings is 2. The van der Waals surface area contributed by atoms with Crippen LogP contribution in [0.4, 0.5) is 23.2 Å². The second kappa shape index (κ2) is 8.19. The van der Waals surface area contributed by atoms with Crippen molar-refractivity contribution < 1.29 is 31.1 Å². The van der Waals surface area contributed by atoms with E-state index in [0.29, 0.717) is 5.56 Å². The maximum atomic E-state index is 13.8. The average molecular weight is 447 g/mol. The topological polar surface area (TPSA) is 66.4 Å². The highest BCUT2D eigenvalue weighted by Crippen LogP contribution is 2.43. The first-order chi connectivity index (χ1) is 13.5. The first-order valence-electron chi connectivity index (χ1n) is 9.18. The van der Waals surface area contributed by atoms with Crippen LogP contribution < -0.4 is 4.72 Å². The number of sulfonamides is 1. The van der Waals surface area contributed by atoms with Crippen LogP contribution in [0.1, 0.15) is 37.0 Å². The summed E-state index contributed by atoms with van der Waals surface area (Å²) in [6, 6.07) is 9.74. The van der Waals surface area contributed by atoms with Gasteiger partial charge in [-0.05, 0) is 61.1 Å². The van der Waals surface area contributed by atoms with Crippen molar-refractivity contribution in [2.45, 2.75) is 51.3 Å². The molecule has 0 amide bonds. The largest absolute Gasteiger partial charge is 0.418 e. The average Bonchev–Trinajstić information content (AvgIpc) is 2.56. The van der Waals surface area contributed by atoms with E-state index >= 15 is 0 Å². The molecule has 2 aromatic carbocycles. The molecule has 166 valence electrons. The van der Waals surface area contributed by atoms with Crippen LogP contribution in [0, 0.1) is 19.7 Å². The van der Waals surface area contributed by atoms with Gasteiger partial charge in [0, 0.05) is 5.69 Å². The molecule has 0 saturated carbocycles. The standard InChI is InChI=1S/C21H25F4NO3S/c1-14-5-9-17(10-6-14)26-30(28,29)13-20(27,21(23,24)25)12-19(3,4)18-11-16(22)8-7-15(18)2/h5-11,26-27H,12-13H2,1-4H3. The molecule has 0 aromatic heterocycles. The molecule has 0 heterocycles. The molecule has 0 fully saturated rings. The Morgan fingerprint density at radius 2 is 1.57 bits per heavy atom. The molecular weight excluding hydrogens is 422 g/mol. The maximum absolute atomic E-state index is 13.8. The number of nitrogens with one attached hydrogen (secondary N) is 1. The van der Waals surface area contributed by atoms with Gasteiger partial charge in [-0.1, -0.05) is 37.6 Å². The predicted octanol–water partition coefficient (Wildman–Crippen LogP) is 4.85. The number of aliphatic hydroxyl groups is 1. The lowest BCUT2D eigenvalue weighted by Gasteiger charge is -2.38. The van der Waals surface area contributed by atoms with Crippen LogP contribution in [0.5, 0.6) is 0 Å². The highest BCUT2D eigenvalue weighted by Gasteiger charge is 2.58. The van der Waals surface area contributed by atoms with Crippen molar-refractivity contribution in [3.05, 3.63) is 65.0 Å². The Hall–Kier alpha value is -2.13. The molecule has 4 nitrogen and oxygen atoms in total. The summed E-state index contributed by atoms with van der Waals surface area (Å²) >= 11 is 0. The number of aryl methyl sites for hydroxylation is 2. The van der Waals surface area contributed by atoms with Gasteiger partial charge in [-0.15, -0.1) is 0 Å². The molecule has 2 aromatic rings. The Morgan fingerprint density at radius 3 is 2.10 bits per heavy atom. The molecule has 30 heavy (non-hydrogen) atoms. The zero-order chi connectivity index (χ0) is 23.0. The third-order valence-electron chi connectivity index (χ3n) is 4.94. The molecule has 0 aliphatic rings. The van der Waals surface area contributed by atoms with Crippen LogP contribution >= 0.6 is 0 Å². The molecule has 2 N–H and O–H groups in total. The van der Waals surface area contributed by atoms with Crippen LogP contribution in [-0.4, -0.2) is 31.1 Å². The van der Waals surface area contributed by atoms with Crippen molar-refractivity contribution in [1.29, 1.82) is 0 Å². The van der Waals surface area contributed by atoms with E-state index in [1.807, 2.05) is 0 Å². The summed E-state index contributed by atoms with van der Waals surface area (Å²) in [5.74, 6) is -2.22. The van der Waals surface area contributed by atoms with E-state index in [2.05, 4.69) is 4.72 Å². The van der Waals surface area contributed by atoms with Gasteiger partial charge in [0.05, 0.1) is 0 Å². The van der Waals surface area contributed by atoms with E-state index < -0.39 is 45.2 Å². The van der Waals surface area contributed by atoms with Gasteiger partial charge in [0.25, 0.3) is 0 Å². The molecular formula is C21H25F4NO3S. The summed E-state index contributed by atoms with van der Waals surface area (Å²) in [5.41, 5.74) is -3.19. The Labute approximate surface area is 174 Å². The lowest BCUT2D eigenvalue weighted by molar-refractivity contribution is -0.257. The van der Waals surface area contributed by atoms with Crippen molar-refractivity contribution in [2.24, 2.45) is 0 Å². The third kappa shape index (κ3) is 5.72. The zero-order valence-corrected chi connectivity index (χ0v) is 18.0. The minimum Gasteiger partial charge on any atom is -0.379 e. The SMILES string of the molecule is Cc1ccc(NS(=O)(=O)CC(O)(CC(C)(C)c2cc(F)ccc2C)C(F)(F)F)cc1. The van der Waals surface area contributed by atoms with Crippen molar-refractivity contribution in [3.8, 4) is 0 Å². The van der Waals surface area contributed by atoms with Crippen molar-refractivity contribution >= 4 is 15.7 Å².